The van der Waals surface area contributed by atoms with Crippen LogP contribution in [0.15, 0.2) is 30.3 Å². The molecule has 0 saturated carbocycles. The lowest BCUT2D eigenvalue weighted by molar-refractivity contribution is -0.154. The van der Waals surface area contributed by atoms with E-state index in [4.69, 9.17) is 23.7 Å². The quantitative estimate of drug-likeness (QED) is 0.0689. The van der Waals surface area contributed by atoms with E-state index in [1.165, 1.54) is 0 Å². The molecule has 0 amide bonds. The van der Waals surface area contributed by atoms with Crippen molar-refractivity contribution in [3.63, 3.8) is 0 Å². The van der Waals surface area contributed by atoms with Gasteiger partial charge in [0.1, 0.15) is 12.7 Å². The highest BCUT2D eigenvalue weighted by molar-refractivity contribution is 6.11. The van der Waals surface area contributed by atoms with Crippen LogP contribution in [0.3, 0.4) is 0 Å². The van der Waals surface area contributed by atoms with Gasteiger partial charge in [0, 0.05) is 27.8 Å². The zero-order valence-corrected chi connectivity index (χ0v) is 32.7. The van der Waals surface area contributed by atoms with Crippen molar-refractivity contribution in [2.75, 3.05) is 6.61 Å². The molecule has 26 heteroatoms. The lowest BCUT2D eigenvalue weighted by Gasteiger charge is -2.40. The Hall–Kier alpha value is -9.59. The van der Waals surface area contributed by atoms with Gasteiger partial charge in [-0.1, -0.05) is 0 Å². The first-order valence-corrected chi connectivity index (χ1v) is 18.6. The number of esters is 5. The van der Waals surface area contributed by atoms with Gasteiger partial charge < -0.3 is 105 Å². The van der Waals surface area contributed by atoms with Crippen molar-refractivity contribution in [3.05, 3.63) is 63.7 Å². The second-order valence-electron chi connectivity index (χ2n) is 14.7. The summed E-state index contributed by atoms with van der Waals surface area (Å²) in [5, 5.41) is 172. The fourth-order valence-electron chi connectivity index (χ4n) is 7.72. The molecule has 5 atom stereocenters. The topological polar surface area (TPSA) is 455 Å². The summed E-state index contributed by atoms with van der Waals surface area (Å²) in [5.74, 6) is -29.6. The molecule has 16 N–H and O–H groups in total. The normalized spacial score (nSPS) is 19.9. The molecule has 0 saturated heterocycles. The Morgan fingerprint density at radius 2 is 0.836 bits per heavy atom. The van der Waals surface area contributed by atoms with Crippen LogP contribution in [-0.2, 0) is 23.7 Å². The molecule has 4 aliphatic rings. The first-order chi connectivity index (χ1) is 31.5. The number of hydrogen-bond acceptors (Lipinski definition) is 26. The van der Waals surface area contributed by atoms with Gasteiger partial charge in [0.15, 0.2) is 87.7 Å². The largest absolute Gasteiger partial charge is 0.504 e. The first-order valence-electron chi connectivity index (χ1n) is 18.6. The molecule has 5 aromatic rings. The molecule has 0 fully saturated rings. The Kier molecular flexibility index (Phi) is 10.1. The van der Waals surface area contributed by atoms with Gasteiger partial charge in [-0.25, -0.2) is 24.0 Å². The lowest BCUT2D eigenvalue weighted by Crippen LogP contribution is -2.56. The van der Waals surface area contributed by atoms with E-state index in [9.17, 15) is 106 Å². The number of aromatic hydroxyl groups is 15. The van der Waals surface area contributed by atoms with Crippen LogP contribution in [0.25, 0.3) is 22.3 Å². The maximum Gasteiger partial charge on any atom is 0.339 e. The SMILES string of the molecule is O=C(O[C@@H]1COC(=O)c2cc(O)c(O)c(O)c2-c2c(cc(O)c(O)c2O)C(=O)O[C@@H]1[C@H]1OC(=O)c2cc(O)c(O)c(O)c2-c2c(O)c(O)c(O)c3c2C(=O)O[C@@H]1[C@H]3O)c1cc(O)c(O)c(O)c1. The van der Waals surface area contributed by atoms with Crippen LogP contribution < -0.4 is 0 Å². The van der Waals surface area contributed by atoms with Crippen molar-refractivity contribution >= 4 is 29.8 Å². The minimum absolute atomic E-state index is 0.331. The van der Waals surface area contributed by atoms with E-state index in [2.05, 4.69) is 0 Å². The van der Waals surface area contributed by atoms with Gasteiger partial charge in [0.25, 0.3) is 0 Å². The maximum atomic E-state index is 14.6. The number of hydrogen-bond donors (Lipinski definition) is 16. The van der Waals surface area contributed by atoms with E-state index in [1.54, 1.807) is 0 Å². The number of aliphatic hydroxyl groups excluding tert-OH is 1. The minimum Gasteiger partial charge on any atom is -0.504 e. The van der Waals surface area contributed by atoms with E-state index < -0.39 is 209 Å². The fraction of sp³-hybridized carbons (Fsp3) is 0.146. The number of carbonyl (C=O) groups is 5. The Bertz CT molecular complexity index is 3060. The molecule has 67 heavy (non-hydrogen) atoms. The minimum atomic E-state index is -2.79. The molecule has 4 heterocycles. The number of aliphatic hydroxyl groups is 1. The van der Waals surface area contributed by atoms with E-state index in [-0.39, 0.29) is 0 Å². The number of phenols is 15. The summed E-state index contributed by atoms with van der Waals surface area (Å²) in [6, 6.07) is 2.15. The molecule has 0 aliphatic carbocycles. The molecule has 0 aromatic heterocycles. The van der Waals surface area contributed by atoms with Crippen molar-refractivity contribution in [1.29, 1.82) is 0 Å². The Morgan fingerprint density at radius 3 is 1.33 bits per heavy atom. The third-order valence-corrected chi connectivity index (χ3v) is 10.9. The van der Waals surface area contributed by atoms with Crippen molar-refractivity contribution in [2.24, 2.45) is 0 Å². The third kappa shape index (κ3) is 6.57. The molecule has 0 radical (unpaired) electrons. The molecular formula is C41H28O26. The summed E-state index contributed by atoms with van der Waals surface area (Å²) in [6.07, 6.45) is -13.4. The van der Waals surface area contributed by atoms with Crippen LogP contribution in [0.1, 0.15) is 63.5 Å². The molecule has 348 valence electrons. The van der Waals surface area contributed by atoms with E-state index in [0.717, 1.165) is 0 Å². The number of carbonyl (C=O) groups excluding carboxylic acids is 5. The van der Waals surface area contributed by atoms with Crippen molar-refractivity contribution in [3.8, 4) is 108 Å². The number of rotatable bonds is 3. The molecule has 26 nitrogen and oxygen atoms in total. The van der Waals surface area contributed by atoms with E-state index >= 15 is 0 Å². The second kappa shape index (κ2) is 15.3. The van der Waals surface area contributed by atoms with Crippen LogP contribution in [0.2, 0.25) is 0 Å². The van der Waals surface area contributed by atoms with E-state index in [1.807, 2.05) is 0 Å². The monoisotopic (exact) mass is 936 g/mol. The smallest absolute Gasteiger partial charge is 0.339 e. The molecule has 0 spiro atoms. The zero-order chi connectivity index (χ0) is 49.0. The van der Waals surface area contributed by atoms with Crippen LogP contribution in [0, 0.1) is 0 Å². The first kappa shape index (κ1) is 44.0. The van der Waals surface area contributed by atoms with Gasteiger partial charge in [-0.2, -0.15) is 0 Å². The van der Waals surface area contributed by atoms with Crippen molar-refractivity contribution in [1.82, 2.24) is 0 Å². The van der Waals surface area contributed by atoms with Gasteiger partial charge >= 0.3 is 29.8 Å². The van der Waals surface area contributed by atoms with Gasteiger partial charge in [0.2, 0.25) is 23.0 Å². The standard InChI is InChI=1S/C41H28O26/c42-11-1-7(2-12(43)23(11)47)37(58)64-16-6-63-38(59)8-3-13(44)24(48)27(51)17(8)18-9(4-14(45)25(49)28(18)52)39(60)65-34(16)36-35-32(56)22-21(41(62)66-35)20(30(54)33(57)31(22)55)19-10(40(61)67-36)5-15(46)26(50)29(19)53/h1-5,16,32,34-36,42-57H,6H2/t16-,32+,34+,35-,36-/m1/s1. The molecule has 9 rings (SSSR count). The Balaban J connectivity index is 1.42. The van der Waals surface area contributed by atoms with Gasteiger partial charge in [0.05, 0.1) is 27.8 Å². The highest BCUT2D eigenvalue weighted by Crippen LogP contribution is 2.58. The number of ether oxygens (including phenoxy) is 5. The van der Waals surface area contributed by atoms with Gasteiger partial charge in [-0.05, 0) is 30.3 Å². The summed E-state index contributed by atoms with van der Waals surface area (Å²) < 4.78 is 27.6. The molecular weight excluding hydrogens is 908 g/mol. The van der Waals surface area contributed by atoms with Crippen LogP contribution in [0.5, 0.6) is 86.2 Å². The average Bonchev–Trinajstić information content (AvgIpc) is 3.29. The predicted molar refractivity (Wildman–Crippen MR) is 207 cm³/mol. The number of cyclic esters (lactones) is 2. The summed E-state index contributed by atoms with van der Waals surface area (Å²) in [4.78, 5) is 70.9. The zero-order valence-electron chi connectivity index (χ0n) is 32.7. The molecule has 5 aromatic carbocycles. The van der Waals surface area contributed by atoms with Crippen LogP contribution in [-0.4, -0.2) is 143 Å². The summed E-state index contributed by atoms with van der Waals surface area (Å²) in [7, 11) is 0. The molecule has 0 unspecified atom stereocenters. The van der Waals surface area contributed by atoms with Crippen molar-refractivity contribution in [2.45, 2.75) is 30.5 Å². The highest BCUT2D eigenvalue weighted by Gasteiger charge is 2.54. The number of fused-ring (bicyclic) bond motifs is 6. The molecule has 4 bridgehead atoms. The van der Waals surface area contributed by atoms with Gasteiger partial charge in [-0.3, -0.25) is 0 Å². The number of benzene rings is 5. The summed E-state index contributed by atoms with van der Waals surface area (Å²) >= 11 is 0. The summed E-state index contributed by atoms with van der Waals surface area (Å²) in [6.45, 7) is -1.50. The predicted octanol–water partition coefficient (Wildman–Crippen LogP) is 1.34. The van der Waals surface area contributed by atoms with Crippen LogP contribution in [0.4, 0.5) is 0 Å². The lowest BCUT2D eigenvalue weighted by atomic mass is 9.82. The summed E-state index contributed by atoms with van der Waals surface area (Å²) in [5.41, 5.74) is -11.0. The van der Waals surface area contributed by atoms with Crippen molar-refractivity contribution < 1.29 is 129 Å². The average molecular weight is 937 g/mol. The molecule has 4 aliphatic heterocycles. The Labute approximate surface area is 368 Å². The second-order valence-corrected chi connectivity index (χ2v) is 14.7. The van der Waals surface area contributed by atoms with Gasteiger partial charge in [-0.15, -0.1) is 0 Å². The third-order valence-electron chi connectivity index (χ3n) is 10.9. The van der Waals surface area contributed by atoms with Crippen LogP contribution >= 0.6 is 0 Å². The fourth-order valence-corrected chi connectivity index (χ4v) is 7.72. The highest BCUT2D eigenvalue weighted by atomic mass is 16.6. The Morgan fingerprint density at radius 1 is 0.433 bits per heavy atom. The van der Waals surface area contributed by atoms with E-state index in [0.29, 0.717) is 30.3 Å². The number of phenolic OH excluding ortho intramolecular Hbond substituents is 15. The maximum absolute atomic E-state index is 14.6.